The number of ether oxygens (including phenoxy) is 1. The van der Waals surface area contributed by atoms with E-state index in [4.69, 9.17) is 15.3 Å². The lowest BCUT2D eigenvalue weighted by Gasteiger charge is -2.41. The minimum atomic E-state index is -1.03. The van der Waals surface area contributed by atoms with Gasteiger partial charge in [0.2, 0.25) is 5.91 Å². The fourth-order valence-electron chi connectivity index (χ4n) is 4.53. The minimum Gasteiger partial charge on any atom is -0.350 e. The molecule has 1 saturated heterocycles. The van der Waals surface area contributed by atoms with Gasteiger partial charge in [-0.1, -0.05) is 83.0 Å². The monoisotopic (exact) mass is 558 g/mol. The van der Waals surface area contributed by atoms with Crippen molar-refractivity contribution in [3.8, 4) is 0 Å². The van der Waals surface area contributed by atoms with E-state index in [9.17, 15) is 14.4 Å². The van der Waals surface area contributed by atoms with Gasteiger partial charge in [0.25, 0.3) is 11.8 Å². The van der Waals surface area contributed by atoms with Crippen molar-refractivity contribution in [3.63, 3.8) is 0 Å². The highest BCUT2D eigenvalue weighted by Crippen LogP contribution is 2.21. The molecule has 9 nitrogen and oxygen atoms in total. The largest absolute Gasteiger partial charge is 0.350 e. The van der Waals surface area contributed by atoms with Crippen LogP contribution in [0.25, 0.3) is 6.08 Å². The number of hydroxylamine groups is 1. The summed E-state index contributed by atoms with van der Waals surface area (Å²) in [5.74, 6) is -0.795. The number of nitrogens with one attached hydrogen (secondary N) is 1. The molecule has 3 amide bonds. The van der Waals surface area contributed by atoms with Gasteiger partial charge in [-0.2, -0.15) is 0 Å². The second-order valence-corrected chi connectivity index (χ2v) is 11.0. The second kappa shape index (κ2) is 17.8. The van der Waals surface area contributed by atoms with Crippen LogP contribution in [-0.4, -0.2) is 59.3 Å². The fraction of sp³-hybridized carbons (Fsp3) is 0.645. The number of carbonyl (C=O) groups excluding carboxylic acids is 3. The highest BCUT2D eigenvalue weighted by Gasteiger charge is 2.38. The number of hydrogen-bond acceptors (Lipinski definition) is 6. The summed E-state index contributed by atoms with van der Waals surface area (Å²) in [5.41, 5.74) is 9.59. The molecule has 2 rings (SSSR count). The van der Waals surface area contributed by atoms with E-state index in [0.29, 0.717) is 26.0 Å². The van der Waals surface area contributed by atoms with Gasteiger partial charge in [0.05, 0.1) is 6.04 Å². The summed E-state index contributed by atoms with van der Waals surface area (Å²) >= 11 is 0. The second-order valence-electron chi connectivity index (χ2n) is 11.0. The van der Waals surface area contributed by atoms with E-state index >= 15 is 0 Å². The smallest absolute Gasteiger partial charge is 0.268 e. The SMILES string of the molecule is CCC(CC)CN(C(=O)[C@@H](C)N)N(C(=O)CCC(C)C)[C@@H](CC=Cc1ccccc1)C(=O)NOC1CCCCO1. The number of amides is 3. The molecular weight excluding hydrogens is 508 g/mol. The summed E-state index contributed by atoms with van der Waals surface area (Å²) in [6.45, 7) is 10.6. The molecule has 0 radical (unpaired) electrons. The molecule has 0 spiro atoms. The van der Waals surface area contributed by atoms with Crippen molar-refractivity contribution in [2.75, 3.05) is 13.2 Å². The quantitative estimate of drug-likeness (QED) is 0.298. The highest BCUT2D eigenvalue weighted by molar-refractivity contribution is 5.90. The third kappa shape index (κ3) is 11.0. The van der Waals surface area contributed by atoms with Crippen molar-refractivity contribution in [3.05, 3.63) is 42.0 Å². The Morgan fingerprint density at radius 3 is 2.40 bits per heavy atom. The molecule has 1 fully saturated rings. The maximum absolute atomic E-state index is 13.9. The van der Waals surface area contributed by atoms with Gasteiger partial charge >= 0.3 is 0 Å². The van der Waals surface area contributed by atoms with Crippen molar-refractivity contribution in [2.24, 2.45) is 17.6 Å². The highest BCUT2D eigenvalue weighted by atomic mass is 16.8. The van der Waals surface area contributed by atoms with Gasteiger partial charge in [-0.05, 0) is 50.0 Å². The van der Waals surface area contributed by atoms with Crippen molar-refractivity contribution >= 4 is 23.8 Å². The molecule has 1 aromatic rings. The number of nitrogens with two attached hydrogens (primary N) is 1. The number of benzene rings is 1. The van der Waals surface area contributed by atoms with Crippen LogP contribution >= 0.6 is 0 Å². The van der Waals surface area contributed by atoms with Gasteiger partial charge in [0, 0.05) is 26.0 Å². The van der Waals surface area contributed by atoms with Crippen LogP contribution in [0.2, 0.25) is 0 Å². The standard InChI is InChI=1S/C31H50N4O5/c1-6-25(7-2)22-34(31(38)24(5)32)35(28(36)20-19-23(3)4)27(17-13-16-26-14-9-8-10-15-26)30(37)33-40-29-18-11-12-21-39-29/h8-10,13-16,23-25,27,29H,6-7,11-12,17-22,32H2,1-5H3,(H,33,37)/t24-,27+,29?/m1/s1. The zero-order chi connectivity index (χ0) is 29.5. The Hall–Kier alpha value is -2.75. The van der Waals surface area contributed by atoms with Gasteiger partial charge in [-0.15, -0.1) is 0 Å². The van der Waals surface area contributed by atoms with Crippen molar-refractivity contribution in [2.45, 2.75) is 104 Å². The van der Waals surface area contributed by atoms with Crippen LogP contribution in [0.5, 0.6) is 0 Å². The summed E-state index contributed by atoms with van der Waals surface area (Å²) < 4.78 is 5.61. The van der Waals surface area contributed by atoms with E-state index in [1.54, 1.807) is 6.92 Å². The molecule has 224 valence electrons. The van der Waals surface area contributed by atoms with E-state index in [1.807, 2.05) is 56.3 Å². The molecule has 1 unspecified atom stereocenters. The first-order valence-electron chi connectivity index (χ1n) is 14.8. The summed E-state index contributed by atoms with van der Waals surface area (Å²) in [5, 5.41) is 2.77. The molecule has 0 bridgehead atoms. The Bertz CT molecular complexity index is 927. The number of carbonyl (C=O) groups is 3. The summed E-state index contributed by atoms with van der Waals surface area (Å²) in [6.07, 6.45) is 8.40. The maximum Gasteiger partial charge on any atom is 0.268 e. The molecule has 1 heterocycles. The summed E-state index contributed by atoms with van der Waals surface area (Å²) in [6, 6.07) is 7.85. The van der Waals surface area contributed by atoms with Crippen molar-refractivity contribution in [1.29, 1.82) is 0 Å². The van der Waals surface area contributed by atoms with Crippen LogP contribution < -0.4 is 11.2 Å². The van der Waals surface area contributed by atoms with Gasteiger partial charge in [0.15, 0.2) is 6.29 Å². The summed E-state index contributed by atoms with van der Waals surface area (Å²) in [4.78, 5) is 46.8. The lowest BCUT2D eigenvalue weighted by molar-refractivity contribution is -0.206. The number of hydrazine groups is 1. The first kappa shape index (κ1) is 33.5. The lowest BCUT2D eigenvalue weighted by Crippen LogP contribution is -2.62. The number of nitrogens with zero attached hydrogens (tertiary/aromatic N) is 2. The van der Waals surface area contributed by atoms with Crippen LogP contribution in [0.4, 0.5) is 0 Å². The fourth-order valence-corrected chi connectivity index (χ4v) is 4.53. The Morgan fingerprint density at radius 2 is 1.82 bits per heavy atom. The van der Waals surface area contributed by atoms with Crippen LogP contribution in [0.15, 0.2) is 36.4 Å². The topological polar surface area (TPSA) is 114 Å². The molecule has 3 N–H and O–H groups in total. The summed E-state index contributed by atoms with van der Waals surface area (Å²) in [7, 11) is 0. The zero-order valence-corrected chi connectivity index (χ0v) is 25.0. The average molecular weight is 559 g/mol. The molecule has 3 atom stereocenters. The van der Waals surface area contributed by atoms with Crippen LogP contribution in [0.3, 0.4) is 0 Å². The van der Waals surface area contributed by atoms with E-state index in [2.05, 4.69) is 19.3 Å². The molecule has 0 aliphatic carbocycles. The van der Waals surface area contributed by atoms with E-state index in [1.165, 1.54) is 10.0 Å². The molecular formula is C31H50N4O5. The van der Waals surface area contributed by atoms with Gasteiger partial charge in [-0.3, -0.25) is 14.4 Å². The predicted molar refractivity (Wildman–Crippen MR) is 157 cm³/mol. The van der Waals surface area contributed by atoms with Gasteiger partial charge in [0.1, 0.15) is 6.04 Å². The van der Waals surface area contributed by atoms with E-state index in [0.717, 1.165) is 31.2 Å². The Balaban J connectivity index is 2.47. The molecule has 0 saturated carbocycles. The van der Waals surface area contributed by atoms with Crippen LogP contribution in [0.1, 0.15) is 91.5 Å². The Kier molecular flexibility index (Phi) is 14.9. The first-order chi connectivity index (χ1) is 19.2. The average Bonchev–Trinajstić information content (AvgIpc) is 2.96. The first-order valence-corrected chi connectivity index (χ1v) is 14.8. The Labute approximate surface area is 240 Å². The van der Waals surface area contributed by atoms with Crippen LogP contribution in [-0.2, 0) is 24.0 Å². The molecule has 0 aromatic heterocycles. The molecule has 9 heteroatoms. The molecule has 1 aliphatic rings. The molecule has 1 aliphatic heterocycles. The number of hydrogen-bond donors (Lipinski definition) is 2. The lowest BCUT2D eigenvalue weighted by atomic mass is 10.0. The normalized spacial score (nSPS) is 17.1. The third-order valence-electron chi connectivity index (χ3n) is 7.18. The predicted octanol–water partition coefficient (Wildman–Crippen LogP) is 4.82. The maximum atomic E-state index is 13.9. The Morgan fingerprint density at radius 1 is 1.12 bits per heavy atom. The van der Waals surface area contributed by atoms with E-state index in [-0.39, 0.29) is 30.6 Å². The van der Waals surface area contributed by atoms with Gasteiger partial charge in [-0.25, -0.2) is 20.3 Å². The minimum absolute atomic E-state index is 0.138. The number of rotatable bonds is 15. The van der Waals surface area contributed by atoms with Crippen molar-refractivity contribution in [1.82, 2.24) is 15.5 Å². The third-order valence-corrected chi connectivity index (χ3v) is 7.18. The van der Waals surface area contributed by atoms with Crippen molar-refractivity contribution < 1.29 is 24.0 Å². The molecule has 1 aromatic carbocycles. The van der Waals surface area contributed by atoms with Gasteiger partial charge < -0.3 is 10.5 Å². The van der Waals surface area contributed by atoms with Crippen LogP contribution in [0, 0.1) is 11.8 Å². The molecule has 40 heavy (non-hydrogen) atoms. The zero-order valence-electron chi connectivity index (χ0n) is 25.0. The van der Waals surface area contributed by atoms with E-state index < -0.39 is 30.2 Å².